The Labute approximate surface area is 305 Å². The minimum atomic E-state index is -1.09. The van der Waals surface area contributed by atoms with Crippen LogP contribution in [0.2, 0.25) is 15.1 Å². The first kappa shape index (κ1) is 36.4. The maximum absolute atomic E-state index is 12.0. The quantitative estimate of drug-likeness (QED) is 0.142. The molecule has 1 heterocycles. The van der Waals surface area contributed by atoms with Crippen molar-refractivity contribution in [2.75, 3.05) is 0 Å². The van der Waals surface area contributed by atoms with E-state index in [1.165, 1.54) is 6.07 Å². The Hall–Kier alpha value is -4.89. The van der Waals surface area contributed by atoms with Crippen LogP contribution in [0.3, 0.4) is 0 Å². The molecule has 11 heteroatoms. The molecule has 0 saturated heterocycles. The number of benzene rings is 5. The Kier molecular flexibility index (Phi) is 11.8. The van der Waals surface area contributed by atoms with Crippen molar-refractivity contribution < 1.29 is 38.4 Å². The first-order chi connectivity index (χ1) is 23.9. The Morgan fingerprint density at radius 3 is 2.04 bits per heavy atom. The second-order valence-electron chi connectivity index (χ2n) is 11.6. The number of carboxylic acids is 1. The zero-order valence-corrected chi connectivity index (χ0v) is 29.6. The highest BCUT2D eigenvalue weighted by atomic mass is 35.5. The van der Waals surface area contributed by atoms with Crippen LogP contribution in [0.15, 0.2) is 103 Å². The number of para-hydroxylation sites is 2. The van der Waals surface area contributed by atoms with Gasteiger partial charge in [0.2, 0.25) is 5.79 Å². The monoisotopic (exact) mass is 734 g/mol. The molecule has 258 valence electrons. The van der Waals surface area contributed by atoms with Crippen LogP contribution in [0.25, 0.3) is 0 Å². The summed E-state index contributed by atoms with van der Waals surface area (Å²) in [7, 11) is 0. The van der Waals surface area contributed by atoms with Gasteiger partial charge in [-0.15, -0.1) is 0 Å². The lowest BCUT2D eigenvalue weighted by atomic mass is 10.1. The molecule has 0 radical (unpaired) electrons. The van der Waals surface area contributed by atoms with E-state index in [1.807, 2.05) is 55.5 Å². The Morgan fingerprint density at radius 1 is 0.720 bits per heavy atom. The Morgan fingerprint density at radius 2 is 1.36 bits per heavy atom. The van der Waals surface area contributed by atoms with Crippen molar-refractivity contribution in [3.8, 4) is 23.0 Å². The summed E-state index contributed by atoms with van der Waals surface area (Å²) in [6, 6.07) is 30.3. The minimum absolute atomic E-state index is 0.0330. The van der Waals surface area contributed by atoms with E-state index in [9.17, 15) is 14.7 Å². The van der Waals surface area contributed by atoms with Gasteiger partial charge in [-0.25, -0.2) is 9.59 Å². The molecule has 1 aliphatic heterocycles. The number of fused-ring (bicyclic) bond motifs is 1. The summed E-state index contributed by atoms with van der Waals surface area (Å²) in [5, 5.41) is 11.1. The van der Waals surface area contributed by atoms with Crippen LogP contribution in [0.1, 0.15) is 56.8 Å². The number of carbonyl (C=O) groups excluding carboxylic acids is 1. The number of hydrogen-bond donors (Lipinski definition) is 1. The van der Waals surface area contributed by atoms with Crippen LogP contribution in [0.5, 0.6) is 23.0 Å². The molecular formula is C39H33Cl3O8. The van der Waals surface area contributed by atoms with E-state index in [0.29, 0.717) is 37.9 Å². The number of halogens is 3. The van der Waals surface area contributed by atoms with Gasteiger partial charge in [-0.05, 0) is 60.5 Å². The molecule has 8 nitrogen and oxygen atoms in total. The summed E-state index contributed by atoms with van der Waals surface area (Å²) in [6.45, 7) is 6.01. The van der Waals surface area contributed by atoms with Gasteiger partial charge in [0.15, 0.2) is 23.0 Å². The van der Waals surface area contributed by atoms with E-state index < -0.39 is 17.7 Å². The maximum atomic E-state index is 12.0. The van der Waals surface area contributed by atoms with Crippen LogP contribution in [-0.4, -0.2) is 22.8 Å². The topological polar surface area (TPSA) is 101 Å². The molecule has 0 unspecified atom stereocenters. The first-order valence-electron chi connectivity index (χ1n) is 15.4. The van der Waals surface area contributed by atoms with Gasteiger partial charge >= 0.3 is 11.9 Å². The largest absolute Gasteiger partial charge is 0.485 e. The van der Waals surface area contributed by atoms with E-state index in [1.54, 1.807) is 62.4 Å². The van der Waals surface area contributed by atoms with Crippen LogP contribution in [0, 0.1) is 6.92 Å². The molecule has 0 bridgehead atoms. The highest BCUT2D eigenvalue weighted by Gasteiger charge is 2.35. The van der Waals surface area contributed by atoms with Crippen molar-refractivity contribution >= 4 is 46.7 Å². The number of hydrogen-bond acceptors (Lipinski definition) is 7. The molecule has 5 aromatic rings. The van der Waals surface area contributed by atoms with Crippen molar-refractivity contribution in [3.05, 3.63) is 152 Å². The lowest BCUT2D eigenvalue weighted by molar-refractivity contribution is -0.128. The third kappa shape index (κ3) is 9.41. The number of aromatic carboxylic acids is 1. The average molecular weight is 736 g/mol. The zero-order valence-electron chi connectivity index (χ0n) is 27.4. The van der Waals surface area contributed by atoms with Gasteiger partial charge in [-0.1, -0.05) is 95.5 Å². The summed E-state index contributed by atoms with van der Waals surface area (Å²) in [5.74, 6) is -1.13. The second-order valence-corrected chi connectivity index (χ2v) is 12.9. The van der Waals surface area contributed by atoms with E-state index in [2.05, 4.69) is 0 Å². The van der Waals surface area contributed by atoms with Crippen molar-refractivity contribution in [2.24, 2.45) is 0 Å². The summed E-state index contributed by atoms with van der Waals surface area (Å²) < 4.78 is 28.4. The van der Waals surface area contributed by atoms with E-state index in [4.69, 9.17) is 58.5 Å². The number of carbonyl (C=O) groups is 2. The summed E-state index contributed by atoms with van der Waals surface area (Å²) in [4.78, 5) is 23.6. The summed E-state index contributed by atoms with van der Waals surface area (Å²) in [5.41, 5.74) is 4.00. The molecule has 0 fully saturated rings. The van der Waals surface area contributed by atoms with Crippen molar-refractivity contribution in [3.63, 3.8) is 0 Å². The lowest BCUT2D eigenvalue weighted by Crippen LogP contribution is -2.39. The zero-order chi connectivity index (χ0) is 35.8. The van der Waals surface area contributed by atoms with Crippen molar-refractivity contribution in [1.82, 2.24) is 0 Å². The predicted molar refractivity (Wildman–Crippen MR) is 192 cm³/mol. The van der Waals surface area contributed by atoms with Crippen LogP contribution >= 0.6 is 34.8 Å². The number of ether oxygens (including phenoxy) is 5. The first-order valence-corrected chi connectivity index (χ1v) is 16.6. The Balaban J connectivity index is 0.000000197. The fourth-order valence-corrected chi connectivity index (χ4v) is 5.59. The van der Waals surface area contributed by atoms with E-state index in [-0.39, 0.29) is 31.1 Å². The lowest BCUT2D eigenvalue weighted by Gasteiger charge is -2.32. The van der Waals surface area contributed by atoms with Crippen LogP contribution in [0.4, 0.5) is 0 Å². The predicted octanol–water partition coefficient (Wildman–Crippen LogP) is 10.4. The maximum Gasteiger partial charge on any atom is 0.345 e. The summed E-state index contributed by atoms with van der Waals surface area (Å²) in [6.07, 6.45) is 0. The molecule has 5 aromatic carbocycles. The molecule has 6 rings (SSSR count). The van der Waals surface area contributed by atoms with Crippen LogP contribution < -0.4 is 18.9 Å². The van der Waals surface area contributed by atoms with Gasteiger partial charge in [0.1, 0.15) is 30.9 Å². The van der Waals surface area contributed by atoms with Gasteiger partial charge < -0.3 is 28.8 Å². The molecule has 0 aliphatic carbocycles. The number of esters is 1. The third-order valence-electron chi connectivity index (χ3n) is 7.31. The SMILES string of the molecule is Cc1ccc(COc2cccc3c2OC(C)(C)OC3=O)c(Cl)c1.O=C(O)c1cccc(OCc2ccc(Cl)cc2Cl)c1OCc1ccccc1. The third-order valence-corrected chi connectivity index (χ3v) is 8.25. The molecule has 0 spiro atoms. The number of aryl methyl sites for hydroxylation is 1. The Bertz CT molecular complexity index is 2000. The molecule has 1 N–H and O–H groups in total. The van der Waals surface area contributed by atoms with Crippen molar-refractivity contribution in [2.45, 2.75) is 46.4 Å². The molecular weight excluding hydrogens is 703 g/mol. The number of carboxylic acid groups (broad SMARTS) is 1. The van der Waals surface area contributed by atoms with Gasteiger partial charge in [0.25, 0.3) is 0 Å². The minimum Gasteiger partial charge on any atom is -0.485 e. The normalized spacial score (nSPS) is 12.7. The highest BCUT2D eigenvalue weighted by molar-refractivity contribution is 6.35. The van der Waals surface area contributed by atoms with Crippen molar-refractivity contribution in [1.29, 1.82) is 0 Å². The highest BCUT2D eigenvalue weighted by Crippen LogP contribution is 2.39. The number of cyclic esters (lactones) is 1. The fraction of sp³-hybridized carbons (Fsp3) is 0.179. The molecule has 0 atom stereocenters. The standard InChI is InChI=1S/C21H16Cl2O4.C18H17ClO4/c22-16-10-9-15(18(23)11-16)13-26-19-8-4-7-17(21(24)25)20(19)27-12-14-5-2-1-3-6-14;1-11-7-8-12(14(19)9-11)10-21-15-6-4-5-13-16(15)22-18(2,3)23-17(13)20/h1-11H,12-13H2,(H,24,25);4-9H,10H2,1-3H3. The average Bonchev–Trinajstić information content (AvgIpc) is 3.07. The molecule has 1 aliphatic rings. The van der Waals surface area contributed by atoms with E-state index >= 15 is 0 Å². The van der Waals surface area contributed by atoms with Gasteiger partial charge in [0, 0.05) is 40.0 Å². The molecule has 0 amide bonds. The number of rotatable bonds is 10. The summed E-state index contributed by atoms with van der Waals surface area (Å²) >= 11 is 18.3. The molecule has 0 aromatic heterocycles. The van der Waals surface area contributed by atoms with Crippen LogP contribution in [-0.2, 0) is 24.6 Å². The molecule has 0 saturated carbocycles. The van der Waals surface area contributed by atoms with Gasteiger partial charge in [-0.2, -0.15) is 0 Å². The van der Waals surface area contributed by atoms with E-state index in [0.717, 1.165) is 22.3 Å². The second kappa shape index (κ2) is 16.2. The smallest absolute Gasteiger partial charge is 0.345 e. The molecule has 50 heavy (non-hydrogen) atoms. The van der Waals surface area contributed by atoms with Gasteiger partial charge in [0.05, 0.1) is 0 Å². The fourth-order valence-electron chi connectivity index (χ4n) is 4.84. The van der Waals surface area contributed by atoms with Gasteiger partial charge in [-0.3, -0.25) is 0 Å².